The van der Waals surface area contributed by atoms with Gasteiger partial charge in [0.25, 0.3) is 0 Å². The summed E-state index contributed by atoms with van der Waals surface area (Å²) in [7, 11) is 0. The third kappa shape index (κ3) is 1.59. The largest absolute Gasteiger partial charge is 0.349 e. The topological polar surface area (TPSA) is 25.8 Å². The van der Waals surface area contributed by atoms with Crippen molar-refractivity contribution in [2.75, 3.05) is 0 Å². The van der Waals surface area contributed by atoms with Crippen LogP contribution in [0.4, 0.5) is 0 Å². The van der Waals surface area contributed by atoms with E-state index < -0.39 is 0 Å². The minimum Gasteiger partial charge on any atom is -0.349 e. The summed E-state index contributed by atoms with van der Waals surface area (Å²) < 4.78 is 0. The van der Waals surface area contributed by atoms with Crippen molar-refractivity contribution < 1.29 is 18.6 Å². The van der Waals surface area contributed by atoms with Crippen molar-refractivity contribution in [1.82, 2.24) is 9.97 Å². The molecule has 2 rings (SSSR count). The molecule has 0 aliphatic carbocycles. The zero-order valence-electron chi connectivity index (χ0n) is 5.73. The first-order valence-corrected chi connectivity index (χ1v) is 3.03. The number of aromatic nitrogens is 2. The first kappa shape index (κ1) is 8.24. The Morgan fingerprint density at radius 1 is 1.18 bits per heavy atom. The molecule has 2 heterocycles. The Bertz CT molecular complexity index is 283. The van der Waals surface area contributed by atoms with E-state index >= 15 is 0 Å². The molecule has 2 aromatic rings. The normalized spacial score (nSPS) is 9.09. The molecule has 11 heavy (non-hydrogen) atoms. The van der Waals surface area contributed by atoms with Crippen LogP contribution >= 0.6 is 0 Å². The molecule has 0 N–H and O–H groups in total. The number of hydrogen-bond donors (Lipinski definition) is 0. The van der Waals surface area contributed by atoms with Crippen molar-refractivity contribution in [3.05, 3.63) is 36.7 Å². The molecule has 1 radical (unpaired) electrons. The smallest absolute Gasteiger partial charge is 0.00550 e. The standard InChI is InChI=1S/C8H5N2.V/c1-3-7-8(9-5-1)4-2-6-10-7;/h1,3-6H;/q-1;. The first-order valence-electron chi connectivity index (χ1n) is 3.03. The maximum Gasteiger partial charge on any atom is 0.00550 e. The van der Waals surface area contributed by atoms with Crippen LogP contribution in [-0.4, -0.2) is 9.97 Å². The van der Waals surface area contributed by atoms with Gasteiger partial charge in [-0.2, -0.15) is 0 Å². The molecular weight excluding hydrogens is 175 g/mol. The van der Waals surface area contributed by atoms with Gasteiger partial charge in [-0.25, -0.2) is 12.1 Å². The second kappa shape index (κ2) is 3.51. The van der Waals surface area contributed by atoms with E-state index in [0.29, 0.717) is 0 Å². The number of fused-ring (bicyclic) bond motifs is 1. The van der Waals surface area contributed by atoms with Gasteiger partial charge >= 0.3 is 0 Å². The predicted molar refractivity (Wildman–Crippen MR) is 38.4 cm³/mol. The first-order chi connectivity index (χ1) is 4.97. The Labute approximate surface area is 76.6 Å². The molecule has 0 aliphatic rings. The summed E-state index contributed by atoms with van der Waals surface area (Å²) in [5.74, 6) is 0. The molecule has 0 unspecified atom stereocenters. The van der Waals surface area contributed by atoms with E-state index in [2.05, 4.69) is 16.0 Å². The van der Waals surface area contributed by atoms with Gasteiger partial charge in [0, 0.05) is 30.3 Å². The summed E-state index contributed by atoms with van der Waals surface area (Å²) in [6.45, 7) is 0. The molecule has 2 aromatic heterocycles. The van der Waals surface area contributed by atoms with Crippen molar-refractivity contribution in [3.8, 4) is 0 Å². The molecule has 0 saturated heterocycles. The van der Waals surface area contributed by atoms with Gasteiger partial charge in [-0.3, -0.25) is 4.98 Å². The summed E-state index contributed by atoms with van der Waals surface area (Å²) in [4.78, 5) is 8.15. The van der Waals surface area contributed by atoms with Gasteiger partial charge in [-0.15, -0.1) is 0 Å². The van der Waals surface area contributed by atoms with Crippen LogP contribution < -0.4 is 0 Å². The molecule has 2 nitrogen and oxygen atoms in total. The van der Waals surface area contributed by atoms with Crippen LogP contribution in [0.3, 0.4) is 0 Å². The van der Waals surface area contributed by atoms with Crippen molar-refractivity contribution in [3.63, 3.8) is 0 Å². The van der Waals surface area contributed by atoms with Gasteiger partial charge < -0.3 is 4.98 Å². The second-order valence-corrected chi connectivity index (χ2v) is 1.98. The summed E-state index contributed by atoms with van der Waals surface area (Å²) in [6.07, 6.45) is 3.39. The van der Waals surface area contributed by atoms with Gasteiger partial charge in [0.05, 0.1) is 0 Å². The van der Waals surface area contributed by atoms with Crippen molar-refractivity contribution in [1.29, 1.82) is 0 Å². The van der Waals surface area contributed by atoms with Crippen molar-refractivity contribution >= 4 is 11.0 Å². The Balaban J connectivity index is 0.000000605. The second-order valence-electron chi connectivity index (χ2n) is 1.98. The summed E-state index contributed by atoms with van der Waals surface area (Å²) in [5, 5.41) is 0. The van der Waals surface area contributed by atoms with Gasteiger partial charge in [0.1, 0.15) is 0 Å². The van der Waals surface area contributed by atoms with E-state index in [1.807, 2.05) is 18.2 Å². The molecule has 0 bridgehead atoms. The summed E-state index contributed by atoms with van der Waals surface area (Å²) in [6, 6.07) is 8.48. The van der Waals surface area contributed by atoms with E-state index in [9.17, 15) is 0 Å². The number of nitrogens with zero attached hydrogens (tertiary/aromatic N) is 2. The van der Waals surface area contributed by atoms with Crippen LogP contribution in [0.5, 0.6) is 0 Å². The number of rotatable bonds is 0. The maximum absolute atomic E-state index is 4.09. The fraction of sp³-hybridized carbons (Fsp3) is 0. The Hall–Kier alpha value is -0.856. The molecular formula is C8H5N2V-. The molecule has 0 fully saturated rings. The fourth-order valence-corrected chi connectivity index (χ4v) is 0.852. The average Bonchev–Trinajstić information content (AvgIpc) is 2.05. The Kier molecular flexibility index (Phi) is 2.63. The van der Waals surface area contributed by atoms with Crippen molar-refractivity contribution in [2.24, 2.45) is 0 Å². The average molecular weight is 180 g/mol. The van der Waals surface area contributed by atoms with E-state index in [1.54, 1.807) is 12.4 Å². The zero-order chi connectivity index (χ0) is 6.81. The summed E-state index contributed by atoms with van der Waals surface area (Å²) in [5.41, 5.74) is 1.81. The molecule has 0 atom stereocenters. The quantitative estimate of drug-likeness (QED) is 0.573. The maximum atomic E-state index is 4.09. The summed E-state index contributed by atoms with van der Waals surface area (Å²) >= 11 is 0. The molecule has 3 heteroatoms. The van der Waals surface area contributed by atoms with Gasteiger partial charge in [0.15, 0.2) is 0 Å². The van der Waals surface area contributed by atoms with E-state index in [-0.39, 0.29) is 18.6 Å². The molecule has 0 aromatic carbocycles. The van der Waals surface area contributed by atoms with E-state index in [0.717, 1.165) is 11.0 Å². The molecule has 53 valence electrons. The Morgan fingerprint density at radius 2 is 2.09 bits per heavy atom. The molecule has 0 saturated carbocycles. The SMILES string of the molecule is [V].[c-]1cnc2cccnc2c1. The van der Waals surface area contributed by atoms with Gasteiger partial charge in [-0.05, 0) is 6.07 Å². The third-order valence-electron chi connectivity index (χ3n) is 1.31. The van der Waals surface area contributed by atoms with Crippen LogP contribution in [0, 0.1) is 6.07 Å². The zero-order valence-corrected chi connectivity index (χ0v) is 7.13. The minimum atomic E-state index is 0. The predicted octanol–water partition coefficient (Wildman–Crippen LogP) is 1.43. The number of hydrogen-bond acceptors (Lipinski definition) is 2. The molecule has 0 aliphatic heterocycles. The van der Waals surface area contributed by atoms with Crippen LogP contribution in [0.1, 0.15) is 0 Å². The van der Waals surface area contributed by atoms with E-state index in [1.165, 1.54) is 0 Å². The number of pyridine rings is 2. The van der Waals surface area contributed by atoms with Crippen LogP contribution in [-0.2, 0) is 18.6 Å². The van der Waals surface area contributed by atoms with Crippen LogP contribution in [0.2, 0.25) is 0 Å². The van der Waals surface area contributed by atoms with Gasteiger partial charge in [0.2, 0.25) is 0 Å². The third-order valence-corrected chi connectivity index (χ3v) is 1.31. The minimum absolute atomic E-state index is 0. The molecule has 0 amide bonds. The monoisotopic (exact) mass is 180 g/mol. The fourth-order valence-electron chi connectivity index (χ4n) is 0.852. The van der Waals surface area contributed by atoms with Gasteiger partial charge in [-0.1, -0.05) is 17.8 Å². The van der Waals surface area contributed by atoms with Crippen molar-refractivity contribution in [2.45, 2.75) is 0 Å². The van der Waals surface area contributed by atoms with E-state index in [4.69, 9.17) is 0 Å². The molecule has 0 spiro atoms. The Morgan fingerprint density at radius 3 is 2.91 bits per heavy atom. The van der Waals surface area contributed by atoms with Crippen LogP contribution in [0.15, 0.2) is 30.6 Å². The van der Waals surface area contributed by atoms with Crippen LogP contribution in [0.25, 0.3) is 11.0 Å².